The molecule has 0 aliphatic carbocycles. The Labute approximate surface area is 162 Å². The number of hydrogen-bond acceptors (Lipinski definition) is 7. The van der Waals surface area contributed by atoms with Crippen LogP contribution in [0, 0.1) is 0 Å². The van der Waals surface area contributed by atoms with E-state index in [0.29, 0.717) is 6.61 Å². The van der Waals surface area contributed by atoms with Crippen LogP contribution in [0.1, 0.15) is 24.1 Å². The largest absolute Gasteiger partial charge is 0.487 e. The van der Waals surface area contributed by atoms with E-state index in [9.17, 15) is 0 Å². The number of rotatable bonds is 8. The molecule has 1 aliphatic heterocycles. The van der Waals surface area contributed by atoms with Crippen LogP contribution in [0.2, 0.25) is 0 Å². The maximum Gasteiger partial charge on any atom is 0.209 e. The number of benzene rings is 1. The molecule has 0 amide bonds. The zero-order valence-corrected chi connectivity index (χ0v) is 15.7. The third kappa shape index (κ3) is 5.05. The van der Waals surface area contributed by atoms with Gasteiger partial charge in [-0.05, 0) is 53.1 Å². The van der Waals surface area contributed by atoms with Crippen molar-refractivity contribution in [2.24, 2.45) is 0 Å². The Morgan fingerprint density at radius 2 is 2.11 bits per heavy atom. The van der Waals surface area contributed by atoms with E-state index in [0.717, 1.165) is 48.3 Å². The molecule has 7 nitrogen and oxygen atoms in total. The molecule has 1 aromatic carbocycles. The van der Waals surface area contributed by atoms with Gasteiger partial charge < -0.3 is 9.47 Å². The molecule has 0 spiro atoms. The number of nitrogens with zero attached hydrogens (tertiary/aromatic N) is 5. The summed E-state index contributed by atoms with van der Waals surface area (Å²) in [4.78, 5) is 4.26. The van der Waals surface area contributed by atoms with Crippen molar-refractivity contribution in [3.05, 3.63) is 59.9 Å². The second-order valence-corrected chi connectivity index (χ2v) is 7.26. The summed E-state index contributed by atoms with van der Waals surface area (Å²) in [7, 11) is 0. The van der Waals surface area contributed by atoms with Gasteiger partial charge in [-0.15, -0.1) is 5.10 Å². The first-order valence-corrected chi connectivity index (χ1v) is 9.97. The van der Waals surface area contributed by atoms with Crippen LogP contribution in [-0.4, -0.2) is 37.9 Å². The highest BCUT2D eigenvalue weighted by Crippen LogP contribution is 2.23. The highest BCUT2D eigenvalue weighted by molar-refractivity contribution is 7.98. The van der Waals surface area contributed by atoms with Crippen LogP contribution < -0.4 is 4.74 Å². The third-order valence-electron chi connectivity index (χ3n) is 4.30. The van der Waals surface area contributed by atoms with Gasteiger partial charge in [0.2, 0.25) is 5.16 Å². The Balaban J connectivity index is 1.28. The van der Waals surface area contributed by atoms with Gasteiger partial charge >= 0.3 is 0 Å². The van der Waals surface area contributed by atoms with Crippen LogP contribution in [0.15, 0.2) is 53.8 Å². The van der Waals surface area contributed by atoms with Crippen molar-refractivity contribution in [3.8, 4) is 5.75 Å². The van der Waals surface area contributed by atoms with Crippen molar-refractivity contribution < 1.29 is 9.47 Å². The van der Waals surface area contributed by atoms with Gasteiger partial charge in [-0.1, -0.05) is 30.0 Å². The van der Waals surface area contributed by atoms with E-state index in [1.807, 2.05) is 35.0 Å². The third-order valence-corrected chi connectivity index (χ3v) is 5.33. The molecule has 1 fully saturated rings. The number of thioether (sulfide) groups is 1. The van der Waals surface area contributed by atoms with Crippen molar-refractivity contribution >= 4 is 11.8 Å². The average Bonchev–Trinajstić information content (AvgIpc) is 3.39. The zero-order chi connectivity index (χ0) is 18.3. The normalized spacial score (nSPS) is 16.5. The van der Waals surface area contributed by atoms with Crippen LogP contribution in [0.4, 0.5) is 0 Å². The first kappa shape index (κ1) is 17.9. The fraction of sp³-hybridized carbons (Fsp3) is 0.368. The maximum absolute atomic E-state index is 5.77. The summed E-state index contributed by atoms with van der Waals surface area (Å²) < 4.78 is 13.3. The van der Waals surface area contributed by atoms with Crippen molar-refractivity contribution in [1.29, 1.82) is 0 Å². The van der Waals surface area contributed by atoms with Gasteiger partial charge in [-0.25, -0.2) is 4.68 Å². The van der Waals surface area contributed by atoms with Gasteiger partial charge in [0.25, 0.3) is 0 Å². The van der Waals surface area contributed by atoms with Gasteiger partial charge in [-0.3, -0.25) is 4.98 Å². The van der Waals surface area contributed by atoms with Crippen LogP contribution >= 0.6 is 11.8 Å². The molecule has 0 bridgehead atoms. The molecule has 0 radical (unpaired) electrons. The minimum absolute atomic E-state index is 0.225. The van der Waals surface area contributed by atoms with Crippen molar-refractivity contribution in [3.63, 3.8) is 0 Å². The standard InChI is InChI=1S/C19H21N5O2S/c1-2-10-20-16(4-1)13-26-17-8-6-15(7-9-17)14-27-19-21-22-23-24(19)12-18-5-3-11-25-18/h1-2,4,6-10,18H,3,5,11-14H2. The molecule has 3 heterocycles. The SMILES string of the molecule is c1ccc(COc2ccc(CSc3nnnn3CC3CCCO3)cc2)nc1. The molecule has 2 aromatic heterocycles. The van der Waals surface area contributed by atoms with Crippen LogP contribution in [0.25, 0.3) is 0 Å². The molecule has 1 saturated heterocycles. The summed E-state index contributed by atoms with van der Waals surface area (Å²) in [6.07, 6.45) is 4.18. The van der Waals surface area contributed by atoms with Crippen molar-refractivity contribution in [1.82, 2.24) is 25.2 Å². The topological polar surface area (TPSA) is 75.0 Å². The van der Waals surface area contributed by atoms with Gasteiger partial charge in [0.1, 0.15) is 12.4 Å². The minimum atomic E-state index is 0.225. The van der Waals surface area contributed by atoms with Crippen LogP contribution in [-0.2, 0) is 23.6 Å². The minimum Gasteiger partial charge on any atom is -0.487 e. The van der Waals surface area contributed by atoms with E-state index in [-0.39, 0.29) is 6.10 Å². The first-order valence-electron chi connectivity index (χ1n) is 8.99. The summed E-state index contributed by atoms with van der Waals surface area (Å²) in [5.74, 6) is 1.63. The molecule has 1 atom stereocenters. The van der Waals surface area contributed by atoms with Gasteiger partial charge in [0.15, 0.2) is 0 Å². The molecule has 0 N–H and O–H groups in total. The molecular weight excluding hydrogens is 362 g/mol. The fourth-order valence-electron chi connectivity index (χ4n) is 2.87. The lowest BCUT2D eigenvalue weighted by molar-refractivity contribution is 0.0912. The van der Waals surface area contributed by atoms with Gasteiger partial charge in [-0.2, -0.15) is 0 Å². The second-order valence-electron chi connectivity index (χ2n) is 6.32. The van der Waals surface area contributed by atoms with E-state index in [2.05, 4.69) is 32.6 Å². The highest BCUT2D eigenvalue weighted by atomic mass is 32.2. The Bertz CT molecular complexity index is 835. The lowest BCUT2D eigenvalue weighted by atomic mass is 10.2. The van der Waals surface area contributed by atoms with E-state index in [4.69, 9.17) is 9.47 Å². The van der Waals surface area contributed by atoms with Crippen molar-refractivity contribution in [2.45, 2.75) is 43.0 Å². The zero-order valence-electron chi connectivity index (χ0n) is 14.9. The Kier molecular flexibility index (Phi) is 5.96. The summed E-state index contributed by atoms with van der Waals surface area (Å²) in [5, 5.41) is 12.8. The fourth-order valence-corrected chi connectivity index (χ4v) is 3.71. The number of tetrazole rings is 1. The average molecular weight is 383 g/mol. The number of ether oxygens (including phenoxy) is 2. The predicted octanol–water partition coefficient (Wildman–Crippen LogP) is 3.12. The Hall–Kier alpha value is -2.45. The quantitative estimate of drug-likeness (QED) is 0.553. The molecule has 3 aromatic rings. The first-order chi connectivity index (χ1) is 13.4. The predicted molar refractivity (Wildman–Crippen MR) is 101 cm³/mol. The molecule has 27 heavy (non-hydrogen) atoms. The van der Waals surface area contributed by atoms with E-state index in [1.165, 1.54) is 5.56 Å². The number of hydrogen-bond donors (Lipinski definition) is 0. The summed E-state index contributed by atoms with van der Waals surface area (Å²) in [5.41, 5.74) is 2.10. The maximum atomic E-state index is 5.77. The summed E-state index contributed by atoms with van der Waals surface area (Å²) >= 11 is 1.63. The smallest absolute Gasteiger partial charge is 0.209 e. The van der Waals surface area contributed by atoms with E-state index >= 15 is 0 Å². The molecule has 1 aliphatic rings. The molecular formula is C19H21N5O2S. The monoisotopic (exact) mass is 383 g/mol. The summed E-state index contributed by atoms with van der Waals surface area (Å²) in [6, 6.07) is 13.9. The second kappa shape index (κ2) is 8.96. The van der Waals surface area contributed by atoms with Crippen molar-refractivity contribution in [2.75, 3.05) is 6.61 Å². The number of aromatic nitrogens is 5. The van der Waals surface area contributed by atoms with Crippen LogP contribution in [0.3, 0.4) is 0 Å². The lowest BCUT2D eigenvalue weighted by Crippen LogP contribution is -2.16. The summed E-state index contributed by atoms with van der Waals surface area (Å²) in [6.45, 7) is 2.02. The molecule has 0 saturated carbocycles. The number of pyridine rings is 1. The molecule has 140 valence electrons. The van der Waals surface area contributed by atoms with Gasteiger partial charge in [0.05, 0.1) is 18.3 Å². The van der Waals surface area contributed by atoms with E-state index < -0.39 is 0 Å². The molecule has 8 heteroatoms. The Morgan fingerprint density at radius 1 is 1.19 bits per heavy atom. The molecule has 1 unspecified atom stereocenters. The Morgan fingerprint density at radius 3 is 2.89 bits per heavy atom. The lowest BCUT2D eigenvalue weighted by Gasteiger charge is -2.10. The highest BCUT2D eigenvalue weighted by Gasteiger charge is 2.18. The van der Waals surface area contributed by atoms with Gasteiger partial charge in [0, 0.05) is 18.6 Å². The van der Waals surface area contributed by atoms with Crippen LogP contribution in [0.5, 0.6) is 5.75 Å². The molecule has 4 rings (SSSR count). The van der Waals surface area contributed by atoms with E-state index in [1.54, 1.807) is 18.0 Å².